The predicted octanol–water partition coefficient (Wildman–Crippen LogP) is 0.530. The van der Waals surface area contributed by atoms with Gasteiger partial charge in [-0.25, -0.2) is 0 Å². The summed E-state index contributed by atoms with van der Waals surface area (Å²) in [5, 5.41) is 6.21. The quantitative estimate of drug-likeness (QED) is 0.602. The van der Waals surface area contributed by atoms with Gasteiger partial charge in [0, 0.05) is 11.8 Å². The number of nitrogens with one attached hydrogen (secondary N) is 3. The van der Waals surface area contributed by atoms with Crippen molar-refractivity contribution in [2.24, 2.45) is 0 Å². The van der Waals surface area contributed by atoms with E-state index in [9.17, 15) is 14.4 Å². The lowest BCUT2D eigenvalue weighted by Gasteiger charge is -2.06. The number of anilines is 1. The Hall–Kier alpha value is -3.36. The van der Waals surface area contributed by atoms with Crippen LogP contribution in [0.1, 0.15) is 5.76 Å². The SMILES string of the molecule is Cc1cc(OCC(=O)Nc2ccc3[nH]c(=O)c(=O)[nH]c3c2)no1. The van der Waals surface area contributed by atoms with Crippen molar-refractivity contribution in [2.45, 2.75) is 6.92 Å². The van der Waals surface area contributed by atoms with Crippen LogP contribution in [-0.2, 0) is 4.79 Å². The second-order valence-electron chi connectivity index (χ2n) is 4.78. The number of amides is 1. The summed E-state index contributed by atoms with van der Waals surface area (Å²) in [7, 11) is 0. The molecule has 0 saturated carbocycles. The number of hydrogen-bond acceptors (Lipinski definition) is 6. The molecule has 23 heavy (non-hydrogen) atoms. The van der Waals surface area contributed by atoms with Gasteiger partial charge in [0.2, 0.25) is 0 Å². The minimum atomic E-state index is -0.759. The highest BCUT2D eigenvalue weighted by Gasteiger charge is 2.08. The lowest BCUT2D eigenvalue weighted by Crippen LogP contribution is -2.29. The van der Waals surface area contributed by atoms with Gasteiger partial charge in [0.15, 0.2) is 6.61 Å². The van der Waals surface area contributed by atoms with Gasteiger partial charge in [-0.05, 0) is 30.3 Å². The first-order chi connectivity index (χ1) is 11.0. The van der Waals surface area contributed by atoms with Gasteiger partial charge >= 0.3 is 11.1 Å². The second-order valence-corrected chi connectivity index (χ2v) is 4.78. The Labute approximate surface area is 128 Å². The lowest BCUT2D eigenvalue weighted by atomic mass is 10.2. The number of rotatable bonds is 4. The van der Waals surface area contributed by atoms with Gasteiger partial charge in [0.05, 0.1) is 11.0 Å². The van der Waals surface area contributed by atoms with Crippen LogP contribution < -0.4 is 21.2 Å². The third kappa shape index (κ3) is 3.28. The van der Waals surface area contributed by atoms with Crippen LogP contribution in [0.3, 0.4) is 0 Å². The number of fused-ring (bicyclic) bond motifs is 1. The minimum absolute atomic E-state index is 0.220. The van der Waals surface area contributed by atoms with Gasteiger partial charge in [-0.3, -0.25) is 14.4 Å². The minimum Gasteiger partial charge on any atom is -0.465 e. The highest BCUT2D eigenvalue weighted by molar-refractivity contribution is 5.93. The lowest BCUT2D eigenvalue weighted by molar-refractivity contribution is -0.118. The van der Waals surface area contributed by atoms with E-state index in [0.29, 0.717) is 22.5 Å². The molecule has 0 saturated heterocycles. The average molecular weight is 316 g/mol. The largest absolute Gasteiger partial charge is 0.465 e. The molecule has 0 atom stereocenters. The third-order valence-corrected chi connectivity index (χ3v) is 2.96. The summed E-state index contributed by atoms with van der Waals surface area (Å²) in [6.45, 7) is 1.46. The second kappa shape index (κ2) is 5.79. The Morgan fingerprint density at radius 3 is 2.65 bits per heavy atom. The van der Waals surface area contributed by atoms with Gasteiger partial charge in [-0.15, -0.1) is 0 Å². The number of hydrogen-bond donors (Lipinski definition) is 3. The van der Waals surface area contributed by atoms with Crippen molar-refractivity contribution in [3.63, 3.8) is 0 Å². The summed E-state index contributed by atoms with van der Waals surface area (Å²) in [5.74, 6) is 0.391. The van der Waals surface area contributed by atoms with E-state index in [2.05, 4.69) is 20.4 Å². The van der Waals surface area contributed by atoms with Crippen molar-refractivity contribution >= 4 is 22.6 Å². The maximum Gasteiger partial charge on any atom is 0.314 e. The number of H-pyrrole nitrogens is 2. The van der Waals surface area contributed by atoms with Crippen molar-refractivity contribution in [1.82, 2.24) is 15.1 Å². The maximum absolute atomic E-state index is 11.8. The number of carbonyl (C=O) groups is 1. The standard InChI is InChI=1S/C14H12N4O5/c1-7-4-12(18-23-7)22-6-11(19)15-8-2-3-9-10(5-8)17-14(21)13(20)16-9/h2-5H,6H2,1H3,(H,15,19)(H,16,20)(H,17,21). The Balaban J connectivity index is 1.70. The molecule has 0 aliphatic carbocycles. The van der Waals surface area contributed by atoms with E-state index in [-0.39, 0.29) is 12.5 Å². The molecule has 3 aromatic rings. The number of nitrogens with zero attached hydrogens (tertiary/aromatic N) is 1. The maximum atomic E-state index is 11.8. The van der Waals surface area contributed by atoms with Gasteiger partial charge in [-0.2, -0.15) is 0 Å². The van der Waals surface area contributed by atoms with Gasteiger partial charge in [0.25, 0.3) is 11.8 Å². The smallest absolute Gasteiger partial charge is 0.314 e. The molecule has 1 amide bonds. The summed E-state index contributed by atoms with van der Waals surface area (Å²) < 4.78 is 9.98. The van der Waals surface area contributed by atoms with Crippen molar-refractivity contribution in [1.29, 1.82) is 0 Å². The number of aryl methyl sites for hydroxylation is 1. The van der Waals surface area contributed by atoms with E-state index in [4.69, 9.17) is 9.26 Å². The van der Waals surface area contributed by atoms with E-state index < -0.39 is 17.0 Å². The number of aromatic amines is 2. The first-order valence-corrected chi connectivity index (χ1v) is 6.63. The van der Waals surface area contributed by atoms with Gasteiger partial charge < -0.3 is 24.5 Å². The molecule has 0 aliphatic rings. The molecule has 9 heteroatoms. The van der Waals surface area contributed by atoms with Crippen molar-refractivity contribution in [3.05, 3.63) is 50.7 Å². The summed E-state index contributed by atoms with van der Waals surface area (Å²) in [5.41, 5.74) is -0.177. The van der Waals surface area contributed by atoms with Crippen LogP contribution in [0, 0.1) is 6.92 Å². The van der Waals surface area contributed by atoms with Crippen LogP contribution >= 0.6 is 0 Å². The molecule has 118 valence electrons. The molecule has 0 unspecified atom stereocenters. The highest BCUT2D eigenvalue weighted by Crippen LogP contribution is 2.14. The van der Waals surface area contributed by atoms with Crippen LogP contribution in [0.15, 0.2) is 38.4 Å². The fourth-order valence-corrected chi connectivity index (χ4v) is 1.94. The molecular formula is C14H12N4O5. The molecule has 0 fully saturated rings. The van der Waals surface area contributed by atoms with Crippen LogP contribution in [0.25, 0.3) is 11.0 Å². The third-order valence-electron chi connectivity index (χ3n) is 2.96. The first-order valence-electron chi connectivity index (χ1n) is 6.63. The Bertz CT molecular complexity index is 984. The van der Waals surface area contributed by atoms with Crippen LogP contribution in [0.5, 0.6) is 5.88 Å². The van der Waals surface area contributed by atoms with Crippen LogP contribution in [0.4, 0.5) is 5.69 Å². The molecule has 2 heterocycles. The summed E-state index contributed by atoms with van der Waals surface area (Å²) in [4.78, 5) is 39.2. The molecular weight excluding hydrogens is 304 g/mol. The molecule has 0 radical (unpaired) electrons. The van der Waals surface area contributed by atoms with E-state index in [1.54, 1.807) is 25.1 Å². The fraction of sp³-hybridized carbons (Fsp3) is 0.143. The Morgan fingerprint density at radius 1 is 1.22 bits per heavy atom. The zero-order valence-corrected chi connectivity index (χ0v) is 12.0. The van der Waals surface area contributed by atoms with E-state index in [1.165, 1.54) is 6.07 Å². The van der Waals surface area contributed by atoms with Crippen LogP contribution in [0.2, 0.25) is 0 Å². The molecule has 0 bridgehead atoms. The van der Waals surface area contributed by atoms with E-state index in [1.807, 2.05) is 0 Å². The van der Waals surface area contributed by atoms with E-state index in [0.717, 1.165) is 0 Å². The molecule has 0 spiro atoms. The fourth-order valence-electron chi connectivity index (χ4n) is 1.94. The number of carbonyl (C=O) groups excluding carboxylic acids is 1. The molecule has 9 nitrogen and oxygen atoms in total. The van der Waals surface area contributed by atoms with Crippen molar-refractivity contribution < 1.29 is 14.1 Å². The summed E-state index contributed by atoms with van der Waals surface area (Å²) in [6, 6.07) is 6.26. The first kappa shape index (κ1) is 14.6. The predicted molar refractivity (Wildman–Crippen MR) is 80.6 cm³/mol. The zero-order chi connectivity index (χ0) is 16.4. The number of ether oxygens (including phenoxy) is 1. The van der Waals surface area contributed by atoms with Gasteiger partial charge in [0.1, 0.15) is 5.76 Å². The Morgan fingerprint density at radius 2 is 1.96 bits per heavy atom. The average Bonchev–Trinajstić information content (AvgIpc) is 2.92. The highest BCUT2D eigenvalue weighted by atomic mass is 16.5. The zero-order valence-electron chi connectivity index (χ0n) is 12.0. The normalized spacial score (nSPS) is 10.7. The molecule has 0 aliphatic heterocycles. The molecule has 2 aromatic heterocycles. The number of aromatic nitrogens is 3. The van der Waals surface area contributed by atoms with Gasteiger partial charge in [-0.1, -0.05) is 0 Å². The molecule has 1 aromatic carbocycles. The molecule has 3 N–H and O–H groups in total. The molecule has 3 rings (SSSR count). The van der Waals surface area contributed by atoms with Crippen molar-refractivity contribution in [2.75, 3.05) is 11.9 Å². The van der Waals surface area contributed by atoms with Crippen molar-refractivity contribution in [3.8, 4) is 5.88 Å². The monoisotopic (exact) mass is 316 g/mol. The number of benzene rings is 1. The summed E-state index contributed by atoms with van der Waals surface area (Å²) >= 11 is 0. The summed E-state index contributed by atoms with van der Waals surface area (Å²) in [6.07, 6.45) is 0. The Kier molecular flexibility index (Phi) is 3.67. The van der Waals surface area contributed by atoms with Crippen LogP contribution in [-0.4, -0.2) is 27.6 Å². The van der Waals surface area contributed by atoms with E-state index >= 15 is 0 Å². The topological polar surface area (TPSA) is 130 Å².